The van der Waals surface area contributed by atoms with E-state index in [2.05, 4.69) is 4.98 Å². The maximum Gasteiger partial charge on any atom is 0.266 e. The van der Waals surface area contributed by atoms with Crippen LogP contribution in [-0.4, -0.2) is 52.3 Å². The van der Waals surface area contributed by atoms with E-state index in [1.165, 1.54) is 11.3 Å². The van der Waals surface area contributed by atoms with E-state index >= 15 is 0 Å². The molecule has 1 aliphatic rings. The van der Waals surface area contributed by atoms with Crippen LogP contribution in [0, 0.1) is 6.92 Å². The van der Waals surface area contributed by atoms with Gasteiger partial charge < -0.3 is 15.5 Å². The molecule has 1 saturated heterocycles. The van der Waals surface area contributed by atoms with Gasteiger partial charge in [-0.2, -0.15) is 0 Å². The van der Waals surface area contributed by atoms with E-state index in [-0.39, 0.29) is 11.8 Å². The van der Waals surface area contributed by atoms with E-state index in [0.29, 0.717) is 28.8 Å². The molecule has 1 aromatic heterocycles. The molecule has 104 valence electrons. The highest BCUT2D eigenvalue weighted by atomic mass is 32.1. The van der Waals surface area contributed by atoms with Crippen LogP contribution in [0.25, 0.3) is 0 Å². The summed E-state index contributed by atoms with van der Waals surface area (Å²) in [5.74, 6) is -0.222. The average Bonchev–Trinajstić information content (AvgIpc) is 2.65. The fraction of sp³-hybridized carbons (Fsp3) is 0.583. The Hall–Kier alpha value is -1.63. The van der Waals surface area contributed by atoms with Gasteiger partial charge in [0.05, 0.1) is 5.69 Å². The molecule has 0 atom stereocenters. The Balaban J connectivity index is 2.34. The van der Waals surface area contributed by atoms with Gasteiger partial charge in [-0.25, -0.2) is 4.98 Å². The van der Waals surface area contributed by atoms with Gasteiger partial charge in [0, 0.05) is 20.1 Å². The number of piperazine rings is 1. The fourth-order valence-corrected chi connectivity index (χ4v) is 3.09. The van der Waals surface area contributed by atoms with Gasteiger partial charge in [0.1, 0.15) is 10.4 Å². The van der Waals surface area contributed by atoms with Gasteiger partial charge >= 0.3 is 0 Å². The van der Waals surface area contributed by atoms with Crippen molar-refractivity contribution in [3.8, 4) is 0 Å². The second-order valence-corrected chi connectivity index (χ2v) is 6.24. The summed E-state index contributed by atoms with van der Waals surface area (Å²) < 4.78 is 0. The van der Waals surface area contributed by atoms with Crippen molar-refractivity contribution in [3.63, 3.8) is 0 Å². The zero-order valence-electron chi connectivity index (χ0n) is 11.6. The lowest BCUT2D eigenvalue weighted by Gasteiger charge is -2.44. The van der Waals surface area contributed by atoms with Crippen LogP contribution < -0.4 is 5.73 Å². The van der Waals surface area contributed by atoms with E-state index in [9.17, 15) is 9.59 Å². The lowest BCUT2D eigenvalue weighted by Crippen LogP contribution is -2.63. The molecule has 0 aromatic carbocycles. The highest BCUT2D eigenvalue weighted by Crippen LogP contribution is 2.28. The molecule has 0 aliphatic carbocycles. The molecular formula is C12H18N4O2S. The normalized spacial score (nSPS) is 18.8. The van der Waals surface area contributed by atoms with Crippen molar-refractivity contribution in [3.05, 3.63) is 10.6 Å². The minimum atomic E-state index is -0.838. The first-order chi connectivity index (χ1) is 8.75. The first-order valence-electron chi connectivity index (χ1n) is 6.05. The van der Waals surface area contributed by atoms with Crippen molar-refractivity contribution in [1.29, 1.82) is 0 Å². The van der Waals surface area contributed by atoms with Crippen LogP contribution >= 0.6 is 11.3 Å². The SMILES string of the molecule is Cc1nc(N)sc1C(=O)N1CCN(C)C(=O)C1(C)C. The molecule has 1 aliphatic heterocycles. The van der Waals surface area contributed by atoms with Crippen LogP contribution in [0.4, 0.5) is 5.13 Å². The van der Waals surface area contributed by atoms with Crippen molar-refractivity contribution >= 4 is 28.3 Å². The van der Waals surface area contributed by atoms with Crippen molar-refractivity contribution in [2.75, 3.05) is 25.9 Å². The smallest absolute Gasteiger partial charge is 0.266 e. The largest absolute Gasteiger partial charge is 0.375 e. The number of carbonyl (C=O) groups is 2. The molecule has 0 spiro atoms. The second kappa shape index (κ2) is 4.48. The van der Waals surface area contributed by atoms with Crippen LogP contribution in [0.5, 0.6) is 0 Å². The number of nitrogens with zero attached hydrogens (tertiary/aromatic N) is 3. The number of hydrogen-bond donors (Lipinski definition) is 1. The maximum absolute atomic E-state index is 12.6. The van der Waals surface area contributed by atoms with Gasteiger partial charge in [-0.15, -0.1) is 0 Å². The lowest BCUT2D eigenvalue weighted by molar-refractivity contribution is -0.144. The standard InChI is InChI=1S/C12H18N4O2S/c1-7-8(19-11(13)14-7)9(17)16-6-5-15(4)10(18)12(16,2)3/h5-6H2,1-4H3,(H2,13,14). The number of anilines is 1. The zero-order chi connectivity index (χ0) is 14.4. The van der Waals surface area contributed by atoms with E-state index < -0.39 is 5.54 Å². The number of amides is 2. The molecule has 7 heteroatoms. The van der Waals surface area contributed by atoms with E-state index in [1.807, 2.05) is 0 Å². The number of carbonyl (C=O) groups excluding carboxylic acids is 2. The minimum Gasteiger partial charge on any atom is -0.375 e. The summed E-state index contributed by atoms with van der Waals surface area (Å²) in [5.41, 5.74) is 5.41. The Bertz CT molecular complexity index is 538. The fourth-order valence-electron chi connectivity index (χ4n) is 2.31. The predicted octanol–water partition coefficient (Wildman–Crippen LogP) is 0.727. The van der Waals surface area contributed by atoms with E-state index in [1.54, 1.807) is 37.6 Å². The monoisotopic (exact) mass is 282 g/mol. The average molecular weight is 282 g/mol. The Morgan fingerprint density at radius 3 is 2.58 bits per heavy atom. The number of rotatable bonds is 1. The lowest BCUT2D eigenvalue weighted by atomic mass is 9.97. The topological polar surface area (TPSA) is 79.5 Å². The quantitative estimate of drug-likeness (QED) is 0.823. The molecular weight excluding hydrogens is 264 g/mol. The van der Waals surface area contributed by atoms with Crippen LogP contribution in [0.1, 0.15) is 29.2 Å². The molecule has 2 N–H and O–H groups in total. The Morgan fingerprint density at radius 2 is 2.05 bits per heavy atom. The molecule has 0 saturated carbocycles. The molecule has 0 bridgehead atoms. The molecule has 2 rings (SSSR count). The van der Waals surface area contributed by atoms with Crippen LogP contribution in [0.2, 0.25) is 0 Å². The van der Waals surface area contributed by atoms with Crippen molar-refractivity contribution in [1.82, 2.24) is 14.8 Å². The summed E-state index contributed by atoms with van der Waals surface area (Å²) in [6.07, 6.45) is 0. The molecule has 0 radical (unpaired) electrons. The maximum atomic E-state index is 12.6. The van der Waals surface area contributed by atoms with Crippen molar-refractivity contribution < 1.29 is 9.59 Å². The zero-order valence-corrected chi connectivity index (χ0v) is 12.4. The Labute approximate surface area is 116 Å². The third-order valence-corrected chi connectivity index (χ3v) is 4.43. The Kier molecular flexibility index (Phi) is 3.25. The third kappa shape index (κ3) is 2.18. The second-order valence-electron chi connectivity index (χ2n) is 5.21. The van der Waals surface area contributed by atoms with Gasteiger partial charge in [-0.05, 0) is 20.8 Å². The Morgan fingerprint density at radius 1 is 1.42 bits per heavy atom. The first kappa shape index (κ1) is 13.8. The number of nitrogen functional groups attached to an aromatic ring is 1. The molecule has 6 nitrogen and oxygen atoms in total. The first-order valence-corrected chi connectivity index (χ1v) is 6.87. The van der Waals surface area contributed by atoms with Gasteiger partial charge in [0.15, 0.2) is 5.13 Å². The minimum absolute atomic E-state index is 0.0535. The van der Waals surface area contributed by atoms with Crippen LogP contribution in [-0.2, 0) is 4.79 Å². The van der Waals surface area contributed by atoms with Gasteiger partial charge in [0.25, 0.3) is 5.91 Å². The summed E-state index contributed by atoms with van der Waals surface area (Å²) in [4.78, 5) is 32.6. The number of aromatic nitrogens is 1. The number of thiazole rings is 1. The summed E-state index contributed by atoms with van der Waals surface area (Å²) in [6, 6.07) is 0. The van der Waals surface area contributed by atoms with Gasteiger partial charge in [-0.1, -0.05) is 11.3 Å². The third-order valence-electron chi connectivity index (χ3n) is 3.46. The summed E-state index contributed by atoms with van der Waals surface area (Å²) >= 11 is 1.17. The van der Waals surface area contributed by atoms with Crippen molar-refractivity contribution in [2.45, 2.75) is 26.3 Å². The molecule has 19 heavy (non-hydrogen) atoms. The van der Waals surface area contributed by atoms with Crippen LogP contribution in [0.15, 0.2) is 0 Å². The molecule has 2 heterocycles. The highest BCUT2D eigenvalue weighted by molar-refractivity contribution is 7.17. The van der Waals surface area contributed by atoms with Gasteiger partial charge in [0.2, 0.25) is 5.91 Å². The molecule has 1 fully saturated rings. The van der Waals surface area contributed by atoms with Crippen molar-refractivity contribution in [2.24, 2.45) is 0 Å². The molecule has 0 unspecified atom stereocenters. The van der Waals surface area contributed by atoms with Gasteiger partial charge in [-0.3, -0.25) is 9.59 Å². The number of aryl methyl sites for hydroxylation is 1. The van der Waals surface area contributed by atoms with E-state index in [4.69, 9.17) is 5.73 Å². The number of nitrogens with two attached hydrogens (primary N) is 1. The predicted molar refractivity (Wildman–Crippen MR) is 74.0 cm³/mol. The van der Waals surface area contributed by atoms with E-state index in [0.717, 1.165) is 0 Å². The molecule has 2 amide bonds. The number of likely N-dealkylation sites (N-methyl/N-ethyl adjacent to an activating group) is 1. The summed E-state index contributed by atoms with van der Waals surface area (Å²) in [7, 11) is 1.75. The summed E-state index contributed by atoms with van der Waals surface area (Å²) in [6.45, 7) is 6.35. The number of hydrogen-bond acceptors (Lipinski definition) is 5. The summed E-state index contributed by atoms with van der Waals surface area (Å²) in [5, 5.41) is 0.374. The van der Waals surface area contributed by atoms with Crippen LogP contribution in [0.3, 0.4) is 0 Å². The molecule has 1 aromatic rings. The highest BCUT2D eigenvalue weighted by Gasteiger charge is 2.43.